The molecular formula is C28H32N4O9. The van der Waals surface area contributed by atoms with E-state index in [0.29, 0.717) is 0 Å². The zero-order valence-corrected chi connectivity index (χ0v) is 22.3. The number of carboxylic acid groups (broad SMARTS) is 2. The molecule has 41 heavy (non-hydrogen) atoms. The van der Waals surface area contributed by atoms with Crippen LogP contribution in [0.25, 0.3) is 11.1 Å². The molecule has 0 unspecified atom stereocenters. The van der Waals surface area contributed by atoms with Gasteiger partial charge in [-0.1, -0.05) is 48.5 Å². The van der Waals surface area contributed by atoms with Crippen molar-refractivity contribution >= 4 is 35.8 Å². The van der Waals surface area contributed by atoms with E-state index in [-0.39, 0.29) is 31.9 Å². The van der Waals surface area contributed by atoms with E-state index >= 15 is 0 Å². The summed E-state index contributed by atoms with van der Waals surface area (Å²) < 4.78 is 5.45. The molecule has 2 aromatic rings. The van der Waals surface area contributed by atoms with Crippen molar-refractivity contribution in [2.75, 3.05) is 19.7 Å². The predicted molar refractivity (Wildman–Crippen MR) is 145 cm³/mol. The van der Waals surface area contributed by atoms with Gasteiger partial charge in [-0.3, -0.25) is 24.0 Å². The van der Waals surface area contributed by atoms with Crippen LogP contribution in [0.2, 0.25) is 0 Å². The lowest BCUT2D eigenvalue weighted by Gasteiger charge is -2.19. The number of alkyl carbamates (subject to hydrolysis) is 1. The van der Waals surface area contributed by atoms with Gasteiger partial charge in [-0.05, 0) is 35.6 Å². The molecule has 2 aromatic carbocycles. The highest BCUT2D eigenvalue weighted by Gasteiger charge is 2.30. The Morgan fingerprint density at radius 2 is 1.41 bits per heavy atom. The van der Waals surface area contributed by atoms with Crippen LogP contribution in [0.3, 0.4) is 0 Å². The molecule has 0 saturated heterocycles. The third-order valence-corrected chi connectivity index (χ3v) is 6.44. The second-order valence-corrected chi connectivity index (χ2v) is 9.40. The summed E-state index contributed by atoms with van der Waals surface area (Å²) in [6.07, 6.45) is -1.72. The highest BCUT2D eigenvalue weighted by Crippen LogP contribution is 2.44. The van der Waals surface area contributed by atoms with Crippen LogP contribution in [0, 0.1) is 0 Å². The maximum atomic E-state index is 12.7. The van der Waals surface area contributed by atoms with Crippen molar-refractivity contribution in [3.05, 3.63) is 59.7 Å². The van der Waals surface area contributed by atoms with Gasteiger partial charge in [-0.15, -0.1) is 0 Å². The number of benzene rings is 2. The van der Waals surface area contributed by atoms with Gasteiger partial charge < -0.3 is 36.2 Å². The Balaban J connectivity index is 1.51. The minimum absolute atomic E-state index is 0.00548. The first-order valence-electron chi connectivity index (χ1n) is 13.0. The van der Waals surface area contributed by atoms with Crippen molar-refractivity contribution in [3.63, 3.8) is 0 Å². The molecule has 6 N–H and O–H groups in total. The molecular weight excluding hydrogens is 536 g/mol. The zero-order chi connectivity index (χ0) is 29.9. The molecule has 2 atom stereocenters. The Morgan fingerprint density at radius 1 is 0.805 bits per heavy atom. The molecule has 0 radical (unpaired) electrons. The fourth-order valence-electron chi connectivity index (χ4n) is 4.44. The molecule has 13 nitrogen and oxygen atoms in total. The Kier molecular flexibility index (Phi) is 10.8. The van der Waals surface area contributed by atoms with E-state index < -0.39 is 60.8 Å². The minimum Gasteiger partial charge on any atom is -0.481 e. The number of rotatable bonds is 14. The average molecular weight is 569 g/mol. The van der Waals surface area contributed by atoms with Crippen LogP contribution < -0.4 is 21.3 Å². The number of hydrogen-bond donors (Lipinski definition) is 6. The first kappa shape index (κ1) is 30.6. The summed E-state index contributed by atoms with van der Waals surface area (Å²) in [4.78, 5) is 70.9. The van der Waals surface area contributed by atoms with Gasteiger partial charge in [0.25, 0.3) is 0 Å². The van der Waals surface area contributed by atoms with Crippen LogP contribution in [0.15, 0.2) is 48.5 Å². The van der Waals surface area contributed by atoms with Gasteiger partial charge in [-0.2, -0.15) is 0 Å². The predicted octanol–water partition coefficient (Wildman–Crippen LogP) is 0.970. The summed E-state index contributed by atoms with van der Waals surface area (Å²) in [5, 5.41) is 27.1. The van der Waals surface area contributed by atoms with Gasteiger partial charge in [0, 0.05) is 25.3 Å². The number of carboxylic acids is 2. The normalized spacial score (nSPS) is 13.1. The van der Waals surface area contributed by atoms with Crippen LogP contribution in [0.5, 0.6) is 0 Å². The highest BCUT2D eigenvalue weighted by atomic mass is 16.5. The first-order chi connectivity index (χ1) is 19.6. The van der Waals surface area contributed by atoms with Crippen LogP contribution >= 0.6 is 0 Å². The van der Waals surface area contributed by atoms with E-state index in [4.69, 9.17) is 14.9 Å². The van der Waals surface area contributed by atoms with Crippen molar-refractivity contribution < 1.29 is 43.7 Å². The van der Waals surface area contributed by atoms with E-state index in [1.54, 1.807) is 0 Å². The third-order valence-electron chi connectivity index (χ3n) is 6.44. The van der Waals surface area contributed by atoms with E-state index in [1.165, 1.54) is 6.92 Å². The van der Waals surface area contributed by atoms with Crippen molar-refractivity contribution in [1.29, 1.82) is 0 Å². The van der Waals surface area contributed by atoms with Crippen molar-refractivity contribution in [2.24, 2.45) is 0 Å². The van der Waals surface area contributed by atoms with Crippen LogP contribution in [-0.4, -0.2) is 77.7 Å². The maximum absolute atomic E-state index is 12.7. The second kappa shape index (κ2) is 14.4. The summed E-state index contributed by atoms with van der Waals surface area (Å²) in [7, 11) is 0. The first-order valence-corrected chi connectivity index (χ1v) is 13.0. The van der Waals surface area contributed by atoms with Crippen molar-refractivity contribution in [3.8, 4) is 11.1 Å². The number of ether oxygens (including phenoxy) is 1. The van der Waals surface area contributed by atoms with Crippen molar-refractivity contribution in [2.45, 2.75) is 44.2 Å². The third kappa shape index (κ3) is 8.78. The largest absolute Gasteiger partial charge is 0.481 e. The number of hydrogen-bond acceptors (Lipinski definition) is 7. The second-order valence-electron chi connectivity index (χ2n) is 9.40. The van der Waals surface area contributed by atoms with Gasteiger partial charge in [0.15, 0.2) is 0 Å². The topological polar surface area (TPSA) is 200 Å². The van der Waals surface area contributed by atoms with Gasteiger partial charge >= 0.3 is 18.0 Å². The molecule has 0 spiro atoms. The average Bonchev–Trinajstić information content (AvgIpc) is 3.26. The molecule has 1 aliphatic rings. The number of carbonyl (C=O) groups is 6. The zero-order valence-electron chi connectivity index (χ0n) is 22.3. The monoisotopic (exact) mass is 568 g/mol. The number of fused-ring (bicyclic) bond motifs is 3. The van der Waals surface area contributed by atoms with Gasteiger partial charge in [0.2, 0.25) is 17.7 Å². The summed E-state index contributed by atoms with van der Waals surface area (Å²) >= 11 is 0. The Bertz CT molecular complexity index is 1270. The van der Waals surface area contributed by atoms with Gasteiger partial charge in [-0.25, -0.2) is 4.79 Å². The lowest BCUT2D eigenvalue weighted by Crippen LogP contribution is -2.49. The van der Waals surface area contributed by atoms with E-state index in [0.717, 1.165) is 22.3 Å². The Hall–Kier alpha value is -4.94. The van der Waals surface area contributed by atoms with Crippen LogP contribution in [0.1, 0.15) is 43.2 Å². The molecule has 1 aliphatic carbocycles. The van der Waals surface area contributed by atoms with Gasteiger partial charge in [0.1, 0.15) is 25.2 Å². The standard InChI is InChI=1S/C28H32N4O9/c1-16(26(38)30-14-25(36)37)31-23(33)12-13-29-27(39)22(10-11-24(34)35)32-28(40)41-15-21-19-8-4-2-6-17(19)18-7-3-5-9-20(18)21/h2-9,16,21-22H,10-15H2,1H3,(H,29,39)(H,30,38)(H,31,33)(H,32,40)(H,34,35)(H,36,37)/t16-,22-/m0/s1. The Morgan fingerprint density at radius 3 is 2.00 bits per heavy atom. The quantitative estimate of drug-likeness (QED) is 0.192. The van der Waals surface area contributed by atoms with Crippen molar-refractivity contribution in [1.82, 2.24) is 21.3 Å². The summed E-state index contributed by atoms with van der Waals surface area (Å²) in [5.74, 6) is -4.58. The molecule has 0 bridgehead atoms. The molecule has 13 heteroatoms. The minimum atomic E-state index is -1.23. The molecule has 3 rings (SSSR count). The van der Waals surface area contributed by atoms with E-state index in [9.17, 15) is 28.8 Å². The summed E-state index contributed by atoms with van der Waals surface area (Å²) in [5.41, 5.74) is 4.12. The van der Waals surface area contributed by atoms with Gasteiger partial charge in [0.05, 0.1) is 0 Å². The number of nitrogens with one attached hydrogen (secondary N) is 4. The fraction of sp³-hybridized carbons (Fsp3) is 0.357. The maximum Gasteiger partial charge on any atom is 0.407 e. The summed E-state index contributed by atoms with van der Waals surface area (Å²) in [6, 6.07) is 13.3. The molecule has 4 amide bonds. The molecule has 0 fully saturated rings. The van der Waals surface area contributed by atoms with Crippen LogP contribution in [0.4, 0.5) is 4.79 Å². The van der Waals surface area contributed by atoms with Crippen LogP contribution in [-0.2, 0) is 28.7 Å². The molecule has 218 valence electrons. The summed E-state index contributed by atoms with van der Waals surface area (Å²) in [6.45, 7) is 0.618. The molecule has 0 aliphatic heterocycles. The number of amides is 4. The molecule has 0 heterocycles. The molecule has 0 aromatic heterocycles. The lowest BCUT2D eigenvalue weighted by molar-refractivity contribution is -0.138. The number of aliphatic carboxylic acids is 2. The van der Waals surface area contributed by atoms with E-state index in [2.05, 4.69) is 21.3 Å². The van der Waals surface area contributed by atoms with E-state index in [1.807, 2.05) is 48.5 Å². The molecule has 0 saturated carbocycles. The Labute approximate surface area is 235 Å². The lowest BCUT2D eigenvalue weighted by atomic mass is 9.98. The SMILES string of the molecule is C[C@H](NC(=O)CCNC(=O)[C@H](CCC(=O)O)NC(=O)OCC1c2ccccc2-c2ccccc21)C(=O)NCC(=O)O. The highest BCUT2D eigenvalue weighted by molar-refractivity contribution is 5.90. The fourth-order valence-corrected chi connectivity index (χ4v) is 4.44. The number of carbonyl (C=O) groups excluding carboxylic acids is 4. The smallest absolute Gasteiger partial charge is 0.407 e.